The normalized spacial score (nSPS) is 10.3. The molecule has 0 aromatic heterocycles. The van der Waals surface area contributed by atoms with Crippen molar-refractivity contribution in [2.75, 3.05) is 25.9 Å². The number of amides is 1. The van der Waals surface area contributed by atoms with E-state index >= 15 is 0 Å². The summed E-state index contributed by atoms with van der Waals surface area (Å²) in [6, 6.07) is 7.73. The quantitative estimate of drug-likeness (QED) is 0.570. The number of carbonyl (C=O) groups is 1. The summed E-state index contributed by atoms with van der Waals surface area (Å²) in [5.41, 5.74) is 0. The summed E-state index contributed by atoms with van der Waals surface area (Å²) in [7, 11) is 1.89. The Balaban J connectivity index is 2.07. The Morgan fingerprint density at radius 3 is 2.67 bits per heavy atom. The SMILES string of the molecule is CNCCCC(=O)NCCSc1ccc(Cl)cc1. The summed E-state index contributed by atoms with van der Waals surface area (Å²) < 4.78 is 0. The molecule has 0 saturated carbocycles. The average molecular weight is 287 g/mol. The molecule has 1 aromatic rings. The molecule has 0 fully saturated rings. The molecule has 0 saturated heterocycles. The Morgan fingerprint density at radius 2 is 2.00 bits per heavy atom. The lowest BCUT2D eigenvalue weighted by Gasteiger charge is -2.05. The number of rotatable bonds is 8. The van der Waals surface area contributed by atoms with Crippen LogP contribution in [0.15, 0.2) is 29.2 Å². The molecule has 2 N–H and O–H groups in total. The third-order valence-corrected chi connectivity index (χ3v) is 3.60. The maximum atomic E-state index is 11.4. The van der Waals surface area contributed by atoms with Crippen LogP contribution in [-0.2, 0) is 4.79 Å². The van der Waals surface area contributed by atoms with E-state index in [-0.39, 0.29) is 5.91 Å². The van der Waals surface area contributed by atoms with Crippen LogP contribution in [0.25, 0.3) is 0 Å². The van der Waals surface area contributed by atoms with Crippen molar-refractivity contribution in [3.63, 3.8) is 0 Å². The molecule has 0 atom stereocenters. The lowest BCUT2D eigenvalue weighted by molar-refractivity contribution is -0.121. The molecule has 0 heterocycles. The van der Waals surface area contributed by atoms with Gasteiger partial charge in [0.25, 0.3) is 0 Å². The van der Waals surface area contributed by atoms with Crippen LogP contribution in [0.3, 0.4) is 0 Å². The largest absolute Gasteiger partial charge is 0.355 e. The monoisotopic (exact) mass is 286 g/mol. The van der Waals surface area contributed by atoms with Crippen LogP contribution in [0, 0.1) is 0 Å². The van der Waals surface area contributed by atoms with E-state index in [0.29, 0.717) is 13.0 Å². The van der Waals surface area contributed by atoms with Gasteiger partial charge in [-0.15, -0.1) is 11.8 Å². The second-order valence-corrected chi connectivity index (χ2v) is 5.46. The van der Waals surface area contributed by atoms with E-state index in [9.17, 15) is 4.79 Å². The number of hydrogen-bond acceptors (Lipinski definition) is 3. The van der Waals surface area contributed by atoms with E-state index in [0.717, 1.165) is 23.7 Å². The van der Waals surface area contributed by atoms with E-state index in [2.05, 4.69) is 10.6 Å². The molecule has 1 amide bonds. The Labute approximate surface area is 118 Å². The fraction of sp³-hybridized carbons (Fsp3) is 0.462. The molecule has 1 rings (SSSR count). The first-order chi connectivity index (χ1) is 8.72. The molecular weight excluding hydrogens is 268 g/mol. The minimum absolute atomic E-state index is 0.127. The summed E-state index contributed by atoms with van der Waals surface area (Å²) in [6.45, 7) is 1.58. The molecule has 0 aliphatic heterocycles. The van der Waals surface area contributed by atoms with Crippen LogP contribution in [0.1, 0.15) is 12.8 Å². The van der Waals surface area contributed by atoms with Gasteiger partial charge in [-0.05, 0) is 44.3 Å². The first-order valence-electron chi connectivity index (χ1n) is 6.02. The maximum absolute atomic E-state index is 11.4. The average Bonchev–Trinajstić information content (AvgIpc) is 2.37. The van der Waals surface area contributed by atoms with Crippen molar-refractivity contribution in [1.82, 2.24) is 10.6 Å². The molecular formula is C13H19ClN2OS. The maximum Gasteiger partial charge on any atom is 0.220 e. The zero-order valence-corrected chi connectivity index (χ0v) is 12.1. The molecule has 0 spiro atoms. The van der Waals surface area contributed by atoms with Crippen molar-refractivity contribution in [2.24, 2.45) is 0 Å². The molecule has 0 aliphatic carbocycles. The number of nitrogens with one attached hydrogen (secondary N) is 2. The van der Waals surface area contributed by atoms with Gasteiger partial charge in [-0.1, -0.05) is 11.6 Å². The predicted octanol–water partition coefficient (Wildman–Crippen LogP) is 2.55. The first-order valence-corrected chi connectivity index (χ1v) is 7.38. The fourth-order valence-corrected chi connectivity index (χ4v) is 2.30. The number of hydrogen-bond donors (Lipinski definition) is 2. The minimum atomic E-state index is 0.127. The fourth-order valence-electron chi connectivity index (χ4n) is 1.40. The topological polar surface area (TPSA) is 41.1 Å². The Morgan fingerprint density at radius 1 is 1.28 bits per heavy atom. The second-order valence-electron chi connectivity index (χ2n) is 3.86. The zero-order chi connectivity index (χ0) is 13.2. The van der Waals surface area contributed by atoms with Crippen molar-refractivity contribution in [3.05, 3.63) is 29.3 Å². The molecule has 1 aromatic carbocycles. The van der Waals surface area contributed by atoms with Gasteiger partial charge in [0.2, 0.25) is 5.91 Å². The van der Waals surface area contributed by atoms with Gasteiger partial charge in [0.15, 0.2) is 0 Å². The summed E-state index contributed by atoms with van der Waals surface area (Å²) in [5.74, 6) is 1.00. The molecule has 0 radical (unpaired) electrons. The Kier molecular flexibility index (Phi) is 7.89. The highest BCUT2D eigenvalue weighted by molar-refractivity contribution is 7.99. The molecule has 0 unspecified atom stereocenters. The van der Waals surface area contributed by atoms with Gasteiger partial charge in [0.1, 0.15) is 0 Å². The Bertz CT molecular complexity index is 357. The number of thioether (sulfide) groups is 1. The van der Waals surface area contributed by atoms with Gasteiger partial charge in [0.05, 0.1) is 0 Å². The van der Waals surface area contributed by atoms with Gasteiger partial charge < -0.3 is 10.6 Å². The molecule has 0 bridgehead atoms. The molecule has 0 aliphatic rings. The minimum Gasteiger partial charge on any atom is -0.355 e. The molecule has 18 heavy (non-hydrogen) atoms. The van der Waals surface area contributed by atoms with Crippen LogP contribution in [0.4, 0.5) is 0 Å². The standard InChI is InChI=1S/C13H19ClN2OS/c1-15-8-2-3-13(17)16-9-10-18-12-6-4-11(14)5-7-12/h4-7,15H,2-3,8-10H2,1H3,(H,16,17). The lowest BCUT2D eigenvalue weighted by atomic mass is 10.3. The molecule has 100 valence electrons. The van der Waals surface area contributed by atoms with E-state index in [1.54, 1.807) is 11.8 Å². The summed E-state index contributed by atoms with van der Waals surface area (Å²) >= 11 is 7.52. The van der Waals surface area contributed by atoms with Gasteiger partial charge in [-0.25, -0.2) is 0 Å². The predicted molar refractivity (Wildman–Crippen MR) is 78.3 cm³/mol. The van der Waals surface area contributed by atoms with E-state index < -0.39 is 0 Å². The van der Waals surface area contributed by atoms with Gasteiger partial charge in [-0.2, -0.15) is 0 Å². The number of halogens is 1. The lowest BCUT2D eigenvalue weighted by Crippen LogP contribution is -2.26. The smallest absolute Gasteiger partial charge is 0.220 e. The van der Waals surface area contributed by atoms with Crippen molar-refractivity contribution in [2.45, 2.75) is 17.7 Å². The number of carbonyl (C=O) groups excluding carboxylic acids is 1. The summed E-state index contributed by atoms with van der Waals surface area (Å²) in [6.07, 6.45) is 1.47. The van der Waals surface area contributed by atoms with Gasteiger partial charge in [0, 0.05) is 28.6 Å². The van der Waals surface area contributed by atoms with Gasteiger partial charge in [-0.3, -0.25) is 4.79 Å². The van der Waals surface area contributed by atoms with Crippen LogP contribution in [0.5, 0.6) is 0 Å². The van der Waals surface area contributed by atoms with Crippen LogP contribution in [0.2, 0.25) is 5.02 Å². The highest BCUT2D eigenvalue weighted by Gasteiger charge is 2.00. The summed E-state index contributed by atoms with van der Waals surface area (Å²) in [5, 5.41) is 6.68. The van der Waals surface area contributed by atoms with Crippen molar-refractivity contribution in [3.8, 4) is 0 Å². The molecule has 5 heteroatoms. The van der Waals surface area contributed by atoms with Crippen molar-refractivity contribution < 1.29 is 4.79 Å². The highest BCUT2D eigenvalue weighted by Crippen LogP contribution is 2.19. The zero-order valence-electron chi connectivity index (χ0n) is 10.5. The van der Waals surface area contributed by atoms with E-state index in [4.69, 9.17) is 11.6 Å². The van der Waals surface area contributed by atoms with E-state index in [1.165, 1.54) is 4.90 Å². The molecule has 3 nitrogen and oxygen atoms in total. The van der Waals surface area contributed by atoms with Crippen molar-refractivity contribution in [1.29, 1.82) is 0 Å². The highest BCUT2D eigenvalue weighted by atomic mass is 35.5. The van der Waals surface area contributed by atoms with Crippen molar-refractivity contribution >= 4 is 29.3 Å². The van der Waals surface area contributed by atoms with Crippen LogP contribution >= 0.6 is 23.4 Å². The first kappa shape index (κ1) is 15.3. The third-order valence-electron chi connectivity index (χ3n) is 2.34. The van der Waals surface area contributed by atoms with E-state index in [1.807, 2.05) is 31.3 Å². The summed E-state index contributed by atoms with van der Waals surface area (Å²) in [4.78, 5) is 12.6. The van der Waals surface area contributed by atoms with Crippen LogP contribution in [-0.4, -0.2) is 31.8 Å². The third kappa shape index (κ3) is 6.89. The second kappa shape index (κ2) is 9.25. The van der Waals surface area contributed by atoms with Gasteiger partial charge >= 0.3 is 0 Å². The number of benzene rings is 1. The Hall–Kier alpha value is -0.710. The van der Waals surface area contributed by atoms with Crippen LogP contribution < -0.4 is 10.6 Å².